The second-order valence-electron chi connectivity index (χ2n) is 5.86. The van der Waals surface area contributed by atoms with Crippen LogP contribution in [0.2, 0.25) is 0 Å². The van der Waals surface area contributed by atoms with Crippen molar-refractivity contribution in [2.45, 2.75) is 25.2 Å². The Morgan fingerprint density at radius 1 is 1.08 bits per heavy atom. The third-order valence-electron chi connectivity index (χ3n) is 3.72. The summed E-state index contributed by atoms with van der Waals surface area (Å²) in [5.41, 5.74) is 2.96. The molecule has 3 aromatic rings. The molecule has 0 aliphatic rings. The summed E-state index contributed by atoms with van der Waals surface area (Å²) in [4.78, 5) is 4.02. The average molecular weight is 391 g/mol. The van der Waals surface area contributed by atoms with Gasteiger partial charge in [0.2, 0.25) is 0 Å². The standard InChI is InChI=1S/C19H18F2N2Se/c1-13-7-14(2)9-16(8-13)24-19(11-23-6-5-22-12-23)17-4-3-15(20)10-18(17)21/h3-10,12,19H,11H2,1-2H3. The van der Waals surface area contributed by atoms with Gasteiger partial charge in [-0.3, -0.25) is 0 Å². The van der Waals surface area contributed by atoms with Crippen LogP contribution in [0.1, 0.15) is 21.5 Å². The van der Waals surface area contributed by atoms with Crippen LogP contribution in [0.4, 0.5) is 8.78 Å². The number of aromatic nitrogens is 2. The Hall–Kier alpha value is -1.97. The number of imidazole rings is 1. The first kappa shape index (κ1) is 16.9. The number of rotatable bonds is 5. The maximum absolute atomic E-state index is 14.3. The fraction of sp³-hybridized carbons (Fsp3) is 0.211. The minimum absolute atomic E-state index is 0.0136. The van der Waals surface area contributed by atoms with Crippen molar-refractivity contribution in [1.29, 1.82) is 0 Å². The van der Waals surface area contributed by atoms with Gasteiger partial charge in [-0.25, -0.2) is 0 Å². The van der Waals surface area contributed by atoms with Crippen molar-refractivity contribution in [2.24, 2.45) is 0 Å². The van der Waals surface area contributed by atoms with Crippen molar-refractivity contribution in [1.82, 2.24) is 9.55 Å². The van der Waals surface area contributed by atoms with Gasteiger partial charge in [0.1, 0.15) is 0 Å². The molecular formula is C19H18F2N2Se. The van der Waals surface area contributed by atoms with Gasteiger partial charge in [0, 0.05) is 0 Å². The van der Waals surface area contributed by atoms with E-state index in [1.54, 1.807) is 18.6 Å². The van der Waals surface area contributed by atoms with Gasteiger partial charge in [0.25, 0.3) is 0 Å². The van der Waals surface area contributed by atoms with Crippen molar-refractivity contribution >= 4 is 19.4 Å². The summed E-state index contributed by atoms with van der Waals surface area (Å²) in [6.07, 6.45) is 5.31. The van der Waals surface area contributed by atoms with E-state index in [2.05, 4.69) is 37.0 Å². The normalized spacial score (nSPS) is 12.3. The topological polar surface area (TPSA) is 17.8 Å². The Balaban J connectivity index is 1.94. The summed E-state index contributed by atoms with van der Waals surface area (Å²) >= 11 is 0.0136. The first-order valence-corrected chi connectivity index (χ1v) is 9.51. The summed E-state index contributed by atoms with van der Waals surface area (Å²) in [6, 6.07) is 10.3. The fourth-order valence-electron chi connectivity index (χ4n) is 2.71. The molecule has 0 spiro atoms. The van der Waals surface area contributed by atoms with Crippen molar-refractivity contribution in [2.75, 3.05) is 0 Å². The Labute approximate surface area is 146 Å². The first-order valence-electron chi connectivity index (χ1n) is 7.67. The molecule has 0 N–H and O–H groups in total. The molecule has 1 unspecified atom stereocenters. The first-order chi connectivity index (χ1) is 11.5. The van der Waals surface area contributed by atoms with Gasteiger partial charge in [-0.05, 0) is 0 Å². The summed E-state index contributed by atoms with van der Waals surface area (Å²) in [6.45, 7) is 4.75. The monoisotopic (exact) mass is 392 g/mol. The van der Waals surface area contributed by atoms with E-state index in [0.29, 0.717) is 12.1 Å². The molecule has 0 amide bonds. The van der Waals surface area contributed by atoms with Crippen LogP contribution in [-0.2, 0) is 6.54 Å². The molecule has 124 valence electrons. The summed E-state index contributed by atoms with van der Waals surface area (Å²) < 4.78 is 30.8. The average Bonchev–Trinajstić information content (AvgIpc) is 2.98. The van der Waals surface area contributed by atoms with E-state index in [1.807, 2.05) is 10.8 Å². The zero-order chi connectivity index (χ0) is 17.1. The summed E-state index contributed by atoms with van der Waals surface area (Å²) in [5.74, 6) is -1.03. The van der Waals surface area contributed by atoms with E-state index in [9.17, 15) is 8.78 Å². The molecule has 3 rings (SSSR count). The molecule has 5 heteroatoms. The predicted molar refractivity (Wildman–Crippen MR) is 92.6 cm³/mol. The molecule has 0 aliphatic heterocycles. The van der Waals surface area contributed by atoms with Crippen LogP contribution in [0.15, 0.2) is 55.1 Å². The van der Waals surface area contributed by atoms with Gasteiger partial charge in [0.05, 0.1) is 0 Å². The SMILES string of the molecule is Cc1cc(C)cc([Se]C(Cn2ccnc2)c2ccc(F)cc2F)c1. The molecule has 2 aromatic carbocycles. The Morgan fingerprint density at radius 3 is 2.46 bits per heavy atom. The van der Waals surface area contributed by atoms with Crippen LogP contribution in [0, 0.1) is 25.5 Å². The van der Waals surface area contributed by atoms with E-state index in [1.165, 1.54) is 21.7 Å². The van der Waals surface area contributed by atoms with E-state index >= 15 is 0 Å². The second kappa shape index (κ2) is 7.29. The molecule has 1 heterocycles. The molecule has 0 aliphatic carbocycles. The molecule has 24 heavy (non-hydrogen) atoms. The minimum atomic E-state index is -0.545. The van der Waals surface area contributed by atoms with Crippen LogP contribution in [-0.4, -0.2) is 24.5 Å². The van der Waals surface area contributed by atoms with Gasteiger partial charge in [-0.2, -0.15) is 0 Å². The molecule has 1 aromatic heterocycles. The fourth-order valence-corrected chi connectivity index (χ4v) is 5.65. The van der Waals surface area contributed by atoms with Gasteiger partial charge < -0.3 is 0 Å². The molecule has 0 saturated carbocycles. The van der Waals surface area contributed by atoms with Crippen LogP contribution >= 0.6 is 0 Å². The van der Waals surface area contributed by atoms with E-state index in [4.69, 9.17) is 0 Å². The number of hydrogen-bond donors (Lipinski definition) is 0. The third-order valence-corrected chi connectivity index (χ3v) is 6.23. The second-order valence-corrected chi connectivity index (χ2v) is 8.53. The molecule has 1 atom stereocenters. The summed E-state index contributed by atoms with van der Waals surface area (Å²) in [5, 5.41) is 0. The quantitative estimate of drug-likeness (QED) is 0.609. The maximum atomic E-state index is 14.3. The van der Waals surface area contributed by atoms with Crippen molar-refractivity contribution < 1.29 is 8.78 Å². The van der Waals surface area contributed by atoms with Gasteiger partial charge >= 0.3 is 146 Å². The van der Waals surface area contributed by atoms with Crippen LogP contribution in [0.5, 0.6) is 0 Å². The summed E-state index contributed by atoms with van der Waals surface area (Å²) in [7, 11) is 0. The molecule has 0 bridgehead atoms. The zero-order valence-electron chi connectivity index (χ0n) is 13.5. The van der Waals surface area contributed by atoms with Crippen molar-refractivity contribution in [3.05, 3.63) is 83.4 Å². The Bertz CT molecular complexity index is 811. The van der Waals surface area contributed by atoms with Gasteiger partial charge in [-0.15, -0.1) is 0 Å². The molecule has 0 fully saturated rings. The molecule has 0 saturated heterocycles. The molecular weight excluding hydrogens is 373 g/mol. The number of benzene rings is 2. The van der Waals surface area contributed by atoms with E-state index < -0.39 is 11.6 Å². The number of halogens is 2. The Morgan fingerprint density at radius 2 is 1.83 bits per heavy atom. The van der Waals surface area contributed by atoms with Gasteiger partial charge in [0.15, 0.2) is 0 Å². The number of hydrogen-bond acceptors (Lipinski definition) is 1. The zero-order valence-corrected chi connectivity index (χ0v) is 15.3. The van der Waals surface area contributed by atoms with Crippen LogP contribution in [0.3, 0.4) is 0 Å². The number of aryl methyl sites for hydroxylation is 2. The van der Waals surface area contributed by atoms with Crippen LogP contribution in [0.25, 0.3) is 0 Å². The third kappa shape index (κ3) is 4.11. The number of nitrogens with zero attached hydrogens (tertiary/aromatic N) is 2. The Kier molecular flexibility index (Phi) is 5.12. The van der Waals surface area contributed by atoms with Crippen molar-refractivity contribution in [3.63, 3.8) is 0 Å². The van der Waals surface area contributed by atoms with E-state index in [-0.39, 0.29) is 19.8 Å². The van der Waals surface area contributed by atoms with Crippen LogP contribution < -0.4 is 4.46 Å². The predicted octanol–water partition coefficient (Wildman–Crippen LogP) is 3.55. The van der Waals surface area contributed by atoms with Gasteiger partial charge in [-0.1, -0.05) is 0 Å². The van der Waals surface area contributed by atoms with E-state index in [0.717, 1.165) is 6.07 Å². The molecule has 2 nitrogen and oxygen atoms in total. The molecule has 0 radical (unpaired) electrons. The van der Waals surface area contributed by atoms with Crippen molar-refractivity contribution in [3.8, 4) is 0 Å².